The summed E-state index contributed by atoms with van der Waals surface area (Å²) in [6.07, 6.45) is 4.70. The van der Waals surface area contributed by atoms with E-state index in [1.165, 1.54) is 17.4 Å². The second-order valence-electron chi connectivity index (χ2n) is 9.19. The molecule has 1 aromatic heterocycles. The number of ether oxygens (including phenoxy) is 1. The molecule has 0 spiro atoms. The smallest absolute Gasteiger partial charge is 0.267 e. The number of carbonyl (C=O) groups is 2. The van der Waals surface area contributed by atoms with Crippen molar-refractivity contribution in [1.82, 2.24) is 4.90 Å². The highest BCUT2D eigenvalue weighted by Gasteiger charge is 2.34. The van der Waals surface area contributed by atoms with Crippen molar-refractivity contribution in [1.29, 1.82) is 0 Å². The molecule has 1 fully saturated rings. The lowest BCUT2D eigenvalue weighted by Crippen LogP contribution is -2.28. The molecular formula is C31H25ClN4O5S. The normalized spacial score (nSPS) is 15.2. The van der Waals surface area contributed by atoms with E-state index in [1.54, 1.807) is 60.7 Å². The molecular weight excluding hydrogens is 576 g/mol. The lowest BCUT2D eigenvalue weighted by atomic mass is 10.2. The lowest BCUT2D eigenvalue weighted by Gasteiger charge is -2.13. The van der Waals surface area contributed by atoms with E-state index in [0.717, 1.165) is 22.9 Å². The number of anilines is 1. The van der Waals surface area contributed by atoms with Crippen molar-refractivity contribution < 1.29 is 23.8 Å². The fourth-order valence-electron chi connectivity index (χ4n) is 3.87. The Labute approximate surface area is 251 Å². The van der Waals surface area contributed by atoms with Crippen LogP contribution in [0.3, 0.4) is 0 Å². The fourth-order valence-corrected chi connectivity index (χ4v) is 4.97. The maximum absolute atomic E-state index is 13.5. The standard InChI is InChI=1S/C31H25ClN4O5S/c1-20-4-9-24(10-5-20)34-29(38)19-41-27-13-8-23(32)15-22(27)16-28-30(39)36(18-26-3-2-14-40-26)31(42-28)35-33-17-21-6-11-25(37)12-7-21/h2-17,37H,18-19H2,1H3,(H,34,38)/b28-16-,33-17-,35-31+. The first kappa shape index (κ1) is 28.7. The van der Waals surface area contributed by atoms with Crippen molar-refractivity contribution in [3.63, 3.8) is 0 Å². The molecule has 5 rings (SSSR count). The number of benzene rings is 3. The van der Waals surface area contributed by atoms with Gasteiger partial charge in [-0.1, -0.05) is 29.3 Å². The highest BCUT2D eigenvalue weighted by molar-refractivity contribution is 8.18. The second kappa shape index (κ2) is 13.2. The molecule has 9 nitrogen and oxygen atoms in total. The van der Waals surface area contributed by atoms with Crippen molar-refractivity contribution in [2.24, 2.45) is 10.2 Å². The van der Waals surface area contributed by atoms with E-state index < -0.39 is 0 Å². The number of phenols is 1. The Balaban J connectivity index is 1.36. The van der Waals surface area contributed by atoms with Crippen LogP contribution in [0, 0.1) is 6.92 Å². The molecule has 42 heavy (non-hydrogen) atoms. The van der Waals surface area contributed by atoms with E-state index in [1.807, 2.05) is 31.2 Å². The summed E-state index contributed by atoms with van der Waals surface area (Å²) in [5.74, 6) is 0.466. The fraction of sp³-hybridized carbons (Fsp3) is 0.0968. The number of furan rings is 1. The first-order chi connectivity index (χ1) is 20.3. The quantitative estimate of drug-likeness (QED) is 0.129. The lowest BCUT2D eigenvalue weighted by molar-refractivity contribution is -0.122. The average Bonchev–Trinajstić information content (AvgIpc) is 3.59. The Morgan fingerprint density at radius 2 is 1.90 bits per heavy atom. The third-order valence-electron chi connectivity index (χ3n) is 5.98. The Kier molecular flexibility index (Phi) is 9.05. The van der Waals surface area contributed by atoms with Crippen molar-refractivity contribution in [2.45, 2.75) is 13.5 Å². The molecule has 0 radical (unpaired) electrons. The second-order valence-corrected chi connectivity index (χ2v) is 10.6. The first-order valence-electron chi connectivity index (χ1n) is 12.8. The first-order valence-corrected chi connectivity index (χ1v) is 14.0. The number of hydrogen-bond donors (Lipinski definition) is 2. The van der Waals surface area contributed by atoms with Gasteiger partial charge in [0.15, 0.2) is 11.8 Å². The highest BCUT2D eigenvalue weighted by atomic mass is 35.5. The maximum atomic E-state index is 13.5. The topological polar surface area (TPSA) is 117 Å². The van der Waals surface area contributed by atoms with Crippen LogP contribution >= 0.6 is 23.4 Å². The molecule has 0 aliphatic carbocycles. The number of carbonyl (C=O) groups excluding carboxylic acids is 2. The summed E-state index contributed by atoms with van der Waals surface area (Å²) >= 11 is 7.41. The molecule has 2 amide bonds. The van der Waals surface area contributed by atoms with Crippen LogP contribution < -0.4 is 10.1 Å². The number of amides is 2. The predicted molar refractivity (Wildman–Crippen MR) is 165 cm³/mol. The number of aryl methyl sites for hydroxylation is 1. The largest absolute Gasteiger partial charge is 0.508 e. The summed E-state index contributed by atoms with van der Waals surface area (Å²) in [7, 11) is 0. The molecule has 1 aliphatic heterocycles. The van der Waals surface area contributed by atoms with Crippen LogP contribution in [-0.2, 0) is 16.1 Å². The summed E-state index contributed by atoms with van der Waals surface area (Å²) in [6, 6.07) is 22.4. The molecule has 2 heterocycles. The number of rotatable bonds is 9. The van der Waals surface area contributed by atoms with Crippen molar-refractivity contribution >= 4 is 58.3 Å². The van der Waals surface area contributed by atoms with Crippen molar-refractivity contribution in [3.05, 3.63) is 118 Å². The van der Waals surface area contributed by atoms with Crippen LogP contribution in [0.5, 0.6) is 11.5 Å². The Morgan fingerprint density at radius 1 is 1.12 bits per heavy atom. The highest BCUT2D eigenvalue weighted by Crippen LogP contribution is 2.36. The summed E-state index contributed by atoms with van der Waals surface area (Å²) < 4.78 is 11.3. The van der Waals surface area contributed by atoms with Gasteiger partial charge in [0.2, 0.25) is 0 Å². The van der Waals surface area contributed by atoms with Gasteiger partial charge in [0.25, 0.3) is 11.8 Å². The Bertz CT molecular complexity index is 1670. The van der Waals surface area contributed by atoms with Crippen molar-refractivity contribution in [3.8, 4) is 11.5 Å². The minimum absolute atomic E-state index is 0.145. The van der Waals surface area contributed by atoms with Crippen LogP contribution in [0.15, 0.2) is 105 Å². The van der Waals surface area contributed by atoms with Crippen LogP contribution in [0.1, 0.15) is 22.5 Å². The zero-order valence-electron chi connectivity index (χ0n) is 22.4. The molecule has 1 aliphatic rings. The van der Waals surface area contributed by atoms with Crippen LogP contribution in [0.25, 0.3) is 6.08 Å². The molecule has 11 heteroatoms. The summed E-state index contributed by atoms with van der Waals surface area (Å²) in [5, 5.41) is 21.5. The molecule has 2 N–H and O–H groups in total. The number of hydrogen-bond acceptors (Lipinski definition) is 8. The van der Waals surface area contributed by atoms with Crippen LogP contribution in [0.4, 0.5) is 5.69 Å². The number of phenolic OH excluding ortho intramolecular Hbond substituents is 1. The minimum atomic E-state index is -0.329. The van der Waals surface area contributed by atoms with Gasteiger partial charge in [-0.2, -0.15) is 5.10 Å². The third-order valence-corrected chi connectivity index (χ3v) is 7.21. The Morgan fingerprint density at radius 3 is 2.64 bits per heavy atom. The summed E-state index contributed by atoms with van der Waals surface area (Å²) in [5.41, 5.74) is 3.00. The van der Waals surface area contributed by atoms with E-state index in [-0.39, 0.29) is 30.7 Å². The van der Waals surface area contributed by atoms with Gasteiger partial charge in [0, 0.05) is 16.3 Å². The van der Waals surface area contributed by atoms with Gasteiger partial charge >= 0.3 is 0 Å². The monoisotopic (exact) mass is 600 g/mol. The van der Waals surface area contributed by atoms with Gasteiger partial charge in [-0.25, -0.2) is 0 Å². The van der Waals surface area contributed by atoms with Crippen LogP contribution in [0.2, 0.25) is 5.02 Å². The zero-order valence-corrected chi connectivity index (χ0v) is 23.9. The number of thioether (sulfide) groups is 1. The number of aromatic hydroxyl groups is 1. The molecule has 4 aromatic rings. The minimum Gasteiger partial charge on any atom is -0.508 e. The maximum Gasteiger partial charge on any atom is 0.267 e. The Hall–Kier alpha value is -4.80. The number of nitrogens with zero attached hydrogens (tertiary/aromatic N) is 3. The van der Waals surface area contributed by atoms with Gasteiger partial charge in [-0.15, -0.1) is 5.10 Å². The zero-order chi connectivity index (χ0) is 29.5. The van der Waals surface area contributed by atoms with E-state index in [0.29, 0.717) is 37.9 Å². The van der Waals surface area contributed by atoms with E-state index in [4.69, 9.17) is 20.8 Å². The van der Waals surface area contributed by atoms with Gasteiger partial charge in [-0.3, -0.25) is 14.5 Å². The molecule has 212 valence electrons. The van der Waals surface area contributed by atoms with Gasteiger partial charge in [0.05, 0.1) is 23.9 Å². The van der Waals surface area contributed by atoms with Crippen molar-refractivity contribution in [2.75, 3.05) is 11.9 Å². The van der Waals surface area contributed by atoms with E-state index in [9.17, 15) is 14.7 Å². The predicted octanol–water partition coefficient (Wildman–Crippen LogP) is 6.47. The molecule has 0 saturated carbocycles. The molecule has 0 unspecified atom stereocenters. The average molecular weight is 601 g/mol. The number of halogens is 1. The third kappa shape index (κ3) is 7.48. The molecule has 0 bridgehead atoms. The van der Waals surface area contributed by atoms with Gasteiger partial charge in [0.1, 0.15) is 17.3 Å². The summed E-state index contributed by atoms with van der Waals surface area (Å²) in [4.78, 5) is 27.8. The van der Waals surface area contributed by atoms with E-state index in [2.05, 4.69) is 15.5 Å². The molecule has 1 saturated heterocycles. The number of nitrogens with one attached hydrogen (secondary N) is 1. The molecule has 0 atom stereocenters. The number of amidine groups is 1. The van der Waals surface area contributed by atoms with Gasteiger partial charge in [-0.05, 0) is 97.1 Å². The summed E-state index contributed by atoms with van der Waals surface area (Å²) in [6.45, 7) is 1.88. The van der Waals surface area contributed by atoms with Crippen LogP contribution in [-0.4, -0.2) is 39.8 Å². The molecule has 3 aromatic carbocycles. The SMILES string of the molecule is Cc1ccc(NC(=O)COc2ccc(Cl)cc2/C=C2\S/C(=N/N=C\c3ccc(O)cc3)N(Cc3ccco3)C2=O)cc1. The van der Waals surface area contributed by atoms with E-state index >= 15 is 0 Å². The van der Waals surface area contributed by atoms with Gasteiger partial charge < -0.3 is 19.6 Å².